The molecule has 0 atom stereocenters. The van der Waals surface area contributed by atoms with Gasteiger partial charge in [-0.2, -0.15) is 9.13 Å². The molecule has 0 spiro atoms. The molecule has 0 saturated heterocycles. The van der Waals surface area contributed by atoms with Crippen LogP contribution >= 0.6 is 22.7 Å². The molecule has 73 heavy (non-hydrogen) atoms. The Kier molecular flexibility index (Phi) is 24.2. The van der Waals surface area contributed by atoms with Crippen LogP contribution in [0.2, 0.25) is 0 Å². The second-order valence-corrected chi connectivity index (χ2v) is 19.0. The highest BCUT2D eigenvalue weighted by Gasteiger charge is 2.22. The van der Waals surface area contributed by atoms with E-state index in [9.17, 15) is 0 Å². The number of para-hydroxylation sites is 2. The minimum atomic E-state index is -4.94. The lowest BCUT2D eigenvalue weighted by atomic mass is 10.2. The molecule has 2 aliphatic rings. The van der Waals surface area contributed by atoms with Crippen LogP contribution in [0.1, 0.15) is 27.6 Å². The normalized spacial score (nSPS) is 16.3. The maximum atomic E-state index is 8.49. The fraction of sp³-hybridized carbons (Fsp3) is 0.388. The minimum absolute atomic E-state index is 0.410. The molecule has 0 amide bonds. The molecule has 0 aliphatic carbocycles. The molecule has 0 fully saturated rings. The monoisotopic (exact) mass is 1090 g/mol. The van der Waals surface area contributed by atoms with E-state index in [0.29, 0.717) is 129 Å². The molecule has 8 rings (SSSR count). The zero-order chi connectivity index (χ0) is 51.7. The number of ether oxygens (including phenoxy) is 10. The Labute approximate surface area is 434 Å². The van der Waals surface area contributed by atoms with Crippen LogP contribution in [-0.2, 0) is 41.5 Å². The Morgan fingerprint density at radius 1 is 0.384 bits per heavy atom. The van der Waals surface area contributed by atoms with Gasteiger partial charge in [0, 0.05) is 24.3 Å². The van der Waals surface area contributed by atoms with Crippen molar-refractivity contribution in [3.8, 4) is 23.0 Å². The van der Waals surface area contributed by atoms with Crippen LogP contribution in [0.5, 0.6) is 23.0 Å². The molecule has 6 aromatic rings. The first-order valence-electron chi connectivity index (χ1n) is 23.0. The quantitative estimate of drug-likeness (QED) is 0.153. The van der Waals surface area contributed by atoms with Crippen LogP contribution in [-0.4, -0.2) is 106 Å². The second kappa shape index (κ2) is 30.7. The largest absolute Gasteiger partial charge is 0.487 e. The lowest BCUT2D eigenvalue weighted by Crippen LogP contribution is -2.68. The summed E-state index contributed by atoms with van der Waals surface area (Å²) in [4.78, 5) is 0. The molecular formula is C49H56Cl2N2O18S2. The van der Waals surface area contributed by atoms with Gasteiger partial charge < -0.3 is 47.4 Å². The maximum Gasteiger partial charge on any atom is 0.262 e. The number of nitrogens with zero attached hydrogens (tertiary/aromatic N) is 2. The van der Waals surface area contributed by atoms with Crippen molar-refractivity contribution in [2.24, 2.45) is 0 Å². The van der Waals surface area contributed by atoms with Gasteiger partial charge in [-0.3, -0.25) is 0 Å². The topological polar surface area (TPSA) is 285 Å². The summed E-state index contributed by atoms with van der Waals surface area (Å²) in [5, 5.41) is 2.35. The van der Waals surface area contributed by atoms with E-state index in [0.717, 1.165) is 30.6 Å². The summed E-state index contributed by atoms with van der Waals surface area (Å²) in [6.45, 7) is 9.42. The van der Waals surface area contributed by atoms with Crippen molar-refractivity contribution < 1.29 is 114 Å². The molecule has 2 aliphatic heterocycles. The minimum Gasteiger partial charge on any atom is -0.487 e. The van der Waals surface area contributed by atoms with Crippen molar-refractivity contribution in [1.29, 1.82) is 0 Å². The van der Waals surface area contributed by atoms with E-state index < -0.39 is 20.5 Å². The zero-order valence-electron chi connectivity index (χ0n) is 39.6. The van der Waals surface area contributed by atoms with Crippen molar-refractivity contribution in [1.82, 2.24) is 0 Å². The Morgan fingerprint density at radius 2 is 0.685 bits per heavy atom. The molecule has 4 heterocycles. The summed E-state index contributed by atoms with van der Waals surface area (Å²) in [6, 6.07) is 29.4. The highest BCUT2D eigenvalue weighted by Crippen LogP contribution is 2.32. The molecule has 0 bridgehead atoms. The molecule has 396 valence electrons. The van der Waals surface area contributed by atoms with Crippen LogP contribution in [0.4, 0.5) is 0 Å². The third kappa shape index (κ3) is 21.6. The Balaban J connectivity index is 0.000000793. The van der Waals surface area contributed by atoms with E-state index in [4.69, 9.17) is 84.6 Å². The van der Waals surface area contributed by atoms with Crippen LogP contribution < -0.4 is 65.4 Å². The van der Waals surface area contributed by atoms with E-state index >= 15 is 0 Å². The Bertz CT molecular complexity index is 2450. The zero-order valence-corrected chi connectivity index (χ0v) is 42.8. The van der Waals surface area contributed by atoms with Gasteiger partial charge in [0.2, 0.25) is 11.0 Å². The number of hydrogen-bond acceptors (Lipinski definition) is 20. The first-order chi connectivity index (χ1) is 35.3. The van der Waals surface area contributed by atoms with Gasteiger partial charge in [0.25, 0.3) is 10.0 Å². The average molecular weight is 1100 g/mol. The molecule has 0 saturated carbocycles. The van der Waals surface area contributed by atoms with Crippen molar-refractivity contribution in [2.75, 3.05) is 106 Å². The van der Waals surface area contributed by atoms with Crippen LogP contribution in [0, 0.1) is 20.5 Å². The van der Waals surface area contributed by atoms with Gasteiger partial charge in [0.1, 0.15) is 35.8 Å². The number of rotatable bonds is 8. The lowest BCUT2D eigenvalue weighted by Gasteiger charge is -2.17. The van der Waals surface area contributed by atoms with Crippen molar-refractivity contribution in [3.63, 3.8) is 0 Å². The summed E-state index contributed by atoms with van der Waals surface area (Å²) in [5.41, 5.74) is 4.48. The van der Waals surface area contributed by atoms with E-state index in [1.165, 1.54) is 30.4 Å². The van der Waals surface area contributed by atoms with E-state index in [1.807, 2.05) is 24.3 Å². The standard InChI is InChI=1S/C49H56N2O10S2.2ClHO4/c1-3-8-46-40(6-1)50(48(62-46)16-12-38-10-14-42-44(36-38)60-34-30-56-26-22-52-20-24-54-28-32-58-42)18-5-19-51-41-7-2-4-9-47(41)63-49(51)17-13-39-11-15-43-45(37-39)61-35-31-57-27-23-53-21-25-55-29-33-59-43;2*2-1(3,4)5/h1-4,6-17,36-37H,5,18-35H2;2*(H,2,3,4,5)/q+2;;/p-2/b16-12+,17-13+;;. The molecule has 20 nitrogen and oxygen atoms in total. The van der Waals surface area contributed by atoms with Gasteiger partial charge in [-0.15, -0.1) is 20.5 Å². The number of hydrogen-bond donors (Lipinski definition) is 0. The van der Waals surface area contributed by atoms with Gasteiger partial charge in [0.05, 0.1) is 85.7 Å². The molecular weight excluding hydrogens is 1040 g/mol. The number of fused-ring (bicyclic) bond motifs is 4. The van der Waals surface area contributed by atoms with Crippen molar-refractivity contribution in [3.05, 3.63) is 106 Å². The van der Waals surface area contributed by atoms with E-state index in [2.05, 4.69) is 94.1 Å². The second-order valence-electron chi connectivity index (χ2n) is 15.4. The SMILES string of the molecule is C(=C\c1sc2ccccc2[n+]1CCC[n+]1c(/C=C/c2ccc3c(c2)OCCOCCOCCOCCO3)sc2ccccc21)/c1ccc2c(c1)OCCOCCOCCOCCO2.[O-][Cl+3]([O-])([O-])[O-].[O-][Cl+3]([O-])([O-])[O-]. The average Bonchev–Trinajstić information content (AvgIpc) is 3.88. The predicted molar refractivity (Wildman–Crippen MR) is 246 cm³/mol. The molecule has 0 radical (unpaired) electrons. The predicted octanol–water partition coefficient (Wildman–Crippen LogP) is -1.75. The van der Waals surface area contributed by atoms with Gasteiger partial charge in [-0.25, -0.2) is 37.3 Å². The molecule has 2 aromatic heterocycles. The molecule has 4 aromatic carbocycles. The Morgan fingerprint density at radius 3 is 1.03 bits per heavy atom. The Hall–Kier alpha value is -4.64. The van der Waals surface area contributed by atoms with E-state index in [1.54, 1.807) is 22.7 Å². The fourth-order valence-corrected chi connectivity index (χ4v) is 9.37. The number of benzene rings is 4. The highest BCUT2D eigenvalue weighted by atomic mass is 35.7. The summed E-state index contributed by atoms with van der Waals surface area (Å²) in [7, 11) is -9.89. The van der Waals surface area contributed by atoms with Crippen LogP contribution in [0.3, 0.4) is 0 Å². The number of aryl methyl sites for hydroxylation is 2. The number of aromatic nitrogens is 2. The molecule has 24 heteroatoms. The van der Waals surface area contributed by atoms with Gasteiger partial charge in [-0.05, 0) is 59.7 Å². The lowest BCUT2D eigenvalue weighted by molar-refractivity contribution is -2.00. The first-order valence-corrected chi connectivity index (χ1v) is 27.1. The van der Waals surface area contributed by atoms with Crippen molar-refractivity contribution >= 4 is 67.4 Å². The van der Waals surface area contributed by atoms with Crippen LogP contribution in [0.25, 0.3) is 44.7 Å². The number of halogens is 2. The van der Waals surface area contributed by atoms with Gasteiger partial charge >= 0.3 is 0 Å². The summed E-state index contributed by atoms with van der Waals surface area (Å²) in [5.74, 6) is 2.73. The summed E-state index contributed by atoms with van der Waals surface area (Å²) in [6.07, 6.45) is 9.65. The fourth-order valence-electron chi connectivity index (χ4n) is 7.18. The van der Waals surface area contributed by atoms with Crippen molar-refractivity contribution in [2.45, 2.75) is 19.5 Å². The third-order valence-corrected chi connectivity index (χ3v) is 12.5. The maximum absolute atomic E-state index is 8.49. The summed E-state index contributed by atoms with van der Waals surface area (Å²) < 4.78 is 134. The third-order valence-electron chi connectivity index (χ3n) is 10.2. The molecule has 0 unspecified atom stereocenters. The van der Waals surface area contributed by atoms with Crippen LogP contribution in [0.15, 0.2) is 84.9 Å². The summed E-state index contributed by atoms with van der Waals surface area (Å²) >= 11 is 3.59. The van der Waals surface area contributed by atoms with Gasteiger partial charge in [-0.1, -0.05) is 59.1 Å². The van der Waals surface area contributed by atoms with E-state index in [-0.39, 0.29) is 0 Å². The molecule has 0 N–H and O–H groups in total. The number of thiazole rings is 2. The smallest absolute Gasteiger partial charge is 0.262 e. The first kappa shape index (κ1) is 57.6. The highest BCUT2D eigenvalue weighted by molar-refractivity contribution is 7.19. The van der Waals surface area contributed by atoms with Gasteiger partial charge in [0.15, 0.2) is 36.1 Å².